The Morgan fingerprint density at radius 1 is 0.679 bits per heavy atom. The molecular weight excluding hydrogens is 427 g/mol. The second-order valence-corrected chi connectivity index (χ2v) is 10.1. The van der Waals surface area contributed by atoms with Crippen molar-refractivity contribution in [3.05, 3.63) is 71.8 Å². The molecule has 0 fully saturated rings. The van der Waals surface area contributed by atoms with Crippen molar-refractivity contribution in [3.8, 4) is 0 Å². The number of hydrogen-bond acceptors (Lipinski definition) is 7. The minimum absolute atomic E-state index is 0.256. The van der Waals surface area contributed by atoms with Gasteiger partial charge in [-0.2, -0.15) is 9.44 Å². The van der Waals surface area contributed by atoms with Crippen LogP contribution in [0.2, 0.25) is 0 Å². The highest BCUT2D eigenvalue weighted by molar-refractivity contribution is 7.88. The third kappa shape index (κ3) is 8.98. The molecule has 0 radical (unpaired) electrons. The zero-order valence-electron chi connectivity index (χ0n) is 14.7. The summed E-state index contributed by atoms with van der Waals surface area (Å²) in [6.45, 7) is -1.14. The van der Waals surface area contributed by atoms with Crippen molar-refractivity contribution in [1.29, 1.82) is 0 Å². The lowest BCUT2D eigenvalue weighted by molar-refractivity contribution is 0.221. The monoisotopic (exact) mass is 447 g/mol. The van der Waals surface area contributed by atoms with E-state index < -0.39 is 41.8 Å². The molecular formula is C16H20N2O7PS2+. The first-order valence-corrected chi connectivity index (χ1v) is 12.4. The molecule has 0 atom stereocenters. The van der Waals surface area contributed by atoms with Crippen molar-refractivity contribution in [3.63, 3.8) is 0 Å². The van der Waals surface area contributed by atoms with Crippen molar-refractivity contribution >= 4 is 28.3 Å². The van der Waals surface area contributed by atoms with Gasteiger partial charge >= 0.3 is 8.25 Å². The molecule has 2 aromatic rings. The smallest absolute Gasteiger partial charge is 0.212 e. The van der Waals surface area contributed by atoms with Crippen molar-refractivity contribution < 1.29 is 30.4 Å². The van der Waals surface area contributed by atoms with Crippen LogP contribution in [0.25, 0.3) is 0 Å². The van der Waals surface area contributed by atoms with Gasteiger partial charge < -0.3 is 0 Å². The summed E-state index contributed by atoms with van der Waals surface area (Å²) in [5.74, 6) is -0.512. The topological polar surface area (TPSA) is 128 Å². The lowest BCUT2D eigenvalue weighted by atomic mass is 10.2. The van der Waals surface area contributed by atoms with Crippen LogP contribution < -0.4 is 9.44 Å². The Bertz CT molecular complexity index is 889. The van der Waals surface area contributed by atoms with Crippen LogP contribution in [0.3, 0.4) is 0 Å². The van der Waals surface area contributed by atoms with Crippen molar-refractivity contribution in [2.75, 3.05) is 13.5 Å². The molecule has 152 valence electrons. The summed E-state index contributed by atoms with van der Waals surface area (Å²) in [5, 5.41) is 0. The van der Waals surface area contributed by atoms with E-state index >= 15 is 0 Å². The first-order valence-electron chi connectivity index (χ1n) is 8.01. The number of sulfonamides is 2. The van der Waals surface area contributed by atoms with Gasteiger partial charge in [-0.25, -0.2) is 16.8 Å². The van der Waals surface area contributed by atoms with Gasteiger partial charge in [0.1, 0.15) is 0 Å². The summed E-state index contributed by atoms with van der Waals surface area (Å²) in [7, 11) is -10.1. The number of hydrogen-bond donors (Lipinski definition) is 2. The molecule has 0 saturated heterocycles. The van der Waals surface area contributed by atoms with Crippen LogP contribution in [0, 0.1) is 0 Å². The second kappa shape index (κ2) is 10.7. The van der Waals surface area contributed by atoms with E-state index in [0.717, 1.165) is 0 Å². The maximum atomic E-state index is 11.9. The zero-order valence-corrected chi connectivity index (χ0v) is 17.3. The SMILES string of the molecule is O=[P+](OCNS(=O)(=O)Cc1ccccc1)OCNS(=O)(=O)Cc1ccccc1. The van der Waals surface area contributed by atoms with E-state index in [-0.39, 0.29) is 11.5 Å². The quantitative estimate of drug-likeness (QED) is 0.375. The molecule has 9 nitrogen and oxygen atoms in total. The molecule has 0 aliphatic heterocycles. The molecule has 0 bridgehead atoms. The zero-order chi connectivity index (χ0) is 20.5. The molecule has 28 heavy (non-hydrogen) atoms. The highest BCUT2D eigenvalue weighted by Gasteiger charge is 2.23. The first kappa shape index (κ1) is 22.6. The Morgan fingerprint density at radius 2 is 1.04 bits per heavy atom. The Morgan fingerprint density at radius 3 is 1.39 bits per heavy atom. The van der Waals surface area contributed by atoms with Crippen molar-refractivity contribution in [2.45, 2.75) is 11.5 Å². The maximum absolute atomic E-state index is 11.9. The van der Waals surface area contributed by atoms with Crippen LogP contribution in [-0.2, 0) is 45.2 Å². The van der Waals surface area contributed by atoms with Crippen molar-refractivity contribution in [2.24, 2.45) is 0 Å². The van der Waals surface area contributed by atoms with Gasteiger partial charge in [-0.05, 0) is 11.1 Å². The van der Waals surface area contributed by atoms with Crippen LogP contribution in [0.15, 0.2) is 60.7 Å². The second-order valence-electron chi connectivity index (χ2n) is 5.55. The van der Waals surface area contributed by atoms with E-state index in [1.165, 1.54) is 0 Å². The van der Waals surface area contributed by atoms with Crippen LogP contribution in [0.4, 0.5) is 0 Å². The summed E-state index contributed by atoms with van der Waals surface area (Å²) in [6.07, 6.45) is 0. The number of nitrogens with one attached hydrogen (secondary N) is 2. The standard InChI is InChI=1S/C16H20N2O7PS2/c19-26(24-13-17-27(20,21)11-15-7-3-1-4-8-15)25-14-18-28(22,23)12-16-9-5-2-6-10-16/h1-10,17-18H,11-14H2/q+1. The summed E-state index contributed by atoms with van der Waals surface area (Å²) in [4.78, 5) is 0. The molecule has 12 heteroatoms. The fraction of sp³-hybridized carbons (Fsp3) is 0.250. The average molecular weight is 447 g/mol. The summed E-state index contributed by atoms with van der Waals surface area (Å²) >= 11 is 0. The predicted octanol–water partition coefficient (Wildman–Crippen LogP) is 1.83. The largest absolute Gasteiger partial charge is 0.700 e. The van der Waals surface area contributed by atoms with Gasteiger partial charge in [0.05, 0.1) is 11.5 Å². The molecule has 0 saturated carbocycles. The van der Waals surface area contributed by atoms with E-state index in [1.807, 2.05) is 0 Å². The van der Waals surface area contributed by atoms with E-state index in [0.29, 0.717) is 11.1 Å². The molecule has 2 aromatic carbocycles. The van der Waals surface area contributed by atoms with Gasteiger partial charge in [0.15, 0.2) is 13.5 Å². The molecule has 0 aromatic heterocycles. The lowest BCUT2D eigenvalue weighted by Crippen LogP contribution is -2.28. The fourth-order valence-electron chi connectivity index (χ4n) is 2.06. The molecule has 0 aliphatic rings. The van der Waals surface area contributed by atoms with E-state index in [4.69, 9.17) is 9.05 Å². The molecule has 2 N–H and O–H groups in total. The van der Waals surface area contributed by atoms with Gasteiger partial charge in [0.2, 0.25) is 20.0 Å². The highest BCUT2D eigenvalue weighted by Crippen LogP contribution is 2.22. The third-order valence-electron chi connectivity index (χ3n) is 3.30. The summed E-state index contributed by atoms with van der Waals surface area (Å²) < 4.78 is 72.8. The average Bonchev–Trinajstić information content (AvgIpc) is 2.62. The van der Waals surface area contributed by atoms with Gasteiger partial charge in [-0.15, -0.1) is 9.05 Å². The maximum Gasteiger partial charge on any atom is 0.700 e. The third-order valence-corrected chi connectivity index (χ3v) is 6.52. The molecule has 0 aliphatic carbocycles. The van der Waals surface area contributed by atoms with Crippen LogP contribution >= 0.6 is 8.25 Å². The minimum atomic E-state index is -3.68. The number of rotatable bonds is 12. The van der Waals surface area contributed by atoms with Crippen LogP contribution in [0.5, 0.6) is 0 Å². The lowest BCUT2D eigenvalue weighted by Gasteiger charge is -2.04. The van der Waals surface area contributed by atoms with Gasteiger partial charge in [0, 0.05) is 4.57 Å². The van der Waals surface area contributed by atoms with E-state index in [2.05, 4.69) is 9.44 Å². The molecule has 0 unspecified atom stereocenters. The van der Waals surface area contributed by atoms with E-state index in [1.54, 1.807) is 60.7 Å². The van der Waals surface area contributed by atoms with Crippen LogP contribution in [0.1, 0.15) is 11.1 Å². The summed E-state index contributed by atoms with van der Waals surface area (Å²) in [6, 6.07) is 17.0. The van der Waals surface area contributed by atoms with Gasteiger partial charge in [-0.1, -0.05) is 60.7 Å². The van der Waals surface area contributed by atoms with Gasteiger partial charge in [-0.3, -0.25) is 0 Å². The molecule has 0 spiro atoms. The Kier molecular flexibility index (Phi) is 8.64. The molecule has 0 amide bonds. The Hall–Kier alpha value is -1.72. The molecule has 0 heterocycles. The normalized spacial score (nSPS) is 12.0. The Balaban J connectivity index is 1.67. The fourth-order valence-corrected chi connectivity index (χ4v) is 4.60. The van der Waals surface area contributed by atoms with Crippen molar-refractivity contribution in [1.82, 2.24) is 9.44 Å². The van der Waals surface area contributed by atoms with Crippen LogP contribution in [-0.4, -0.2) is 30.3 Å². The summed E-state index contributed by atoms with van der Waals surface area (Å²) in [5.41, 5.74) is 1.17. The Labute approximate surface area is 165 Å². The first-order chi connectivity index (χ1) is 13.3. The predicted molar refractivity (Wildman–Crippen MR) is 104 cm³/mol. The van der Waals surface area contributed by atoms with Gasteiger partial charge in [0.25, 0.3) is 0 Å². The highest BCUT2D eigenvalue weighted by atomic mass is 32.2. The number of benzene rings is 2. The van der Waals surface area contributed by atoms with E-state index in [9.17, 15) is 21.4 Å². The molecule has 2 rings (SSSR count). The minimum Gasteiger partial charge on any atom is -0.212 e.